The number of aryl methyl sites for hydroxylation is 1. The molecule has 4 nitrogen and oxygen atoms in total. The summed E-state index contributed by atoms with van der Waals surface area (Å²) in [5, 5.41) is 2.94. The quantitative estimate of drug-likeness (QED) is 0.874. The summed E-state index contributed by atoms with van der Waals surface area (Å²) in [6, 6.07) is 2.13. The molecule has 1 aliphatic carbocycles. The predicted molar refractivity (Wildman–Crippen MR) is 65.8 cm³/mol. The van der Waals surface area contributed by atoms with E-state index in [0.29, 0.717) is 6.42 Å². The van der Waals surface area contributed by atoms with Crippen molar-refractivity contribution in [3.8, 4) is 5.82 Å². The number of nitrogens with zero attached hydrogens (tertiary/aromatic N) is 2. The second-order valence-electron chi connectivity index (χ2n) is 4.82. The molecule has 0 spiro atoms. The lowest BCUT2D eigenvalue weighted by Gasteiger charge is -2.07. The Morgan fingerprint density at radius 1 is 1.20 bits per heavy atom. The monoisotopic (exact) mass is 283 g/mol. The van der Waals surface area contributed by atoms with Crippen molar-refractivity contribution >= 4 is 0 Å². The van der Waals surface area contributed by atoms with E-state index < -0.39 is 11.7 Å². The lowest BCUT2D eigenvalue weighted by atomic mass is 9.98. The number of alkyl halides is 3. The van der Waals surface area contributed by atoms with Gasteiger partial charge in [0.05, 0.1) is 5.56 Å². The van der Waals surface area contributed by atoms with E-state index in [1.807, 2.05) is 0 Å². The third-order valence-electron chi connectivity index (χ3n) is 3.48. The van der Waals surface area contributed by atoms with Crippen LogP contribution in [0.15, 0.2) is 23.1 Å². The topological polar surface area (TPSA) is 50.7 Å². The van der Waals surface area contributed by atoms with Crippen LogP contribution in [-0.4, -0.2) is 14.8 Å². The fourth-order valence-corrected chi connectivity index (χ4v) is 2.43. The van der Waals surface area contributed by atoms with Gasteiger partial charge in [-0.1, -0.05) is 0 Å². The first-order chi connectivity index (χ1) is 9.47. The molecular formula is C13H12F3N3O. The Kier molecular flexibility index (Phi) is 2.92. The van der Waals surface area contributed by atoms with E-state index >= 15 is 0 Å². The van der Waals surface area contributed by atoms with Gasteiger partial charge in [-0.05, 0) is 37.8 Å². The van der Waals surface area contributed by atoms with E-state index in [1.54, 1.807) is 0 Å². The summed E-state index contributed by atoms with van der Waals surface area (Å²) in [6.07, 6.45) is -0.225. The molecule has 0 atom stereocenters. The Morgan fingerprint density at radius 2 is 1.95 bits per heavy atom. The van der Waals surface area contributed by atoms with E-state index in [2.05, 4.69) is 10.1 Å². The van der Waals surface area contributed by atoms with Crippen LogP contribution < -0.4 is 5.56 Å². The van der Waals surface area contributed by atoms with Crippen LogP contribution in [0.1, 0.15) is 29.7 Å². The molecule has 106 valence electrons. The van der Waals surface area contributed by atoms with Crippen molar-refractivity contribution in [3.63, 3.8) is 0 Å². The van der Waals surface area contributed by atoms with Crippen molar-refractivity contribution in [2.24, 2.45) is 0 Å². The third kappa shape index (κ3) is 2.13. The van der Waals surface area contributed by atoms with Crippen LogP contribution in [0.3, 0.4) is 0 Å². The summed E-state index contributed by atoms with van der Waals surface area (Å²) >= 11 is 0. The second-order valence-corrected chi connectivity index (χ2v) is 4.82. The number of pyridine rings is 1. The van der Waals surface area contributed by atoms with E-state index in [0.717, 1.165) is 42.8 Å². The molecule has 1 N–H and O–H groups in total. The number of aromatic nitrogens is 3. The summed E-state index contributed by atoms with van der Waals surface area (Å²) < 4.78 is 38.6. The predicted octanol–water partition coefficient (Wildman–Crippen LogP) is 2.46. The highest BCUT2D eigenvalue weighted by Gasteiger charge is 2.30. The van der Waals surface area contributed by atoms with Crippen molar-refractivity contribution in [2.75, 3.05) is 0 Å². The maximum atomic E-state index is 12.5. The first kappa shape index (κ1) is 13.0. The minimum Gasteiger partial charge on any atom is -0.293 e. The fraction of sp³-hybridized carbons (Fsp3) is 0.385. The summed E-state index contributed by atoms with van der Waals surface area (Å²) in [7, 11) is 0. The largest absolute Gasteiger partial charge is 0.417 e. The Balaban J connectivity index is 2.02. The van der Waals surface area contributed by atoms with Gasteiger partial charge in [0.1, 0.15) is 0 Å². The molecule has 0 fully saturated rings. The molecule has 0 radical (unpaired) electrons. The molecule has 0 saturated heterocycles. The van der Waals surface area contributed by atoms with Crippen LogP contribution in [0.25, 0.3) is 5.82 Å². The fourth-order valence-electron chi connectivity index (χ4n) is 2.43. The van der Waals surface area contributed by atoms with Gasteiger partial charge < -0.3 is 0 Å². The normalized spacial score (nSPS) is 15.2. The van der Waals surface area contributed by atoms with Crippen molar-refractivity contribution in [1.29, 1.82) is 0 Å². The van der Waals surface area contributed by atoms with Gasteiger partial charge in [0.2, 0.25) is 0 Å². The van der Waals surface area contributed by atoms with Gasteiger partial charge in [0.15, 0.2) is 5.82 Å². The second kappa shape index (κ2) is 4.50. The molecule has 0 saturated carbocycles. The first-order valence-corrected chi connectivity index (χ1v) is 6.33. The molecule has 2 aromatic heterocycles. The van der Waals surface area contributed by atoms with Gasteiger partial charge in [0.25, 0.3) is 5.56 Å². The van der Waals surface area contributed by atoms with Crippen molar-refractivity contribution in [2.45, 2.75) is 31.9 Å². The van der Waals surface area contributed by atoms with Crippen LogP contribution in [0.5, 0.6) is 0 Å². The molecule has 3 rings (SSSR count). The Labute approximate surface area is 112 Å². The maximum Gasteiger partial charge on any atom is 0.417 e. The van der Waals surface area contributed by atoms with Crippen LogP contribution in [0, 0.1) is 0 Å². The molecule has 2 aromatic rings. The molecular weight excluding hydrogens is 271 g/mol. The molecule has 0 amide bonds. The minimum absolute atomic E-state index is 0.178. The number of hydrogen-bond donors (Lipinski definition) is 1. The summed E-state index contributed by atoms with van der Waals surface area (Å²) in [5.41, 5.74) is 0.540. The van der Waals surface area contributed by atoms with Crippen molar-refractivity contribution in [1.82, 2.24) is 14.8 Å². The first-order valence-electron chi connectivity index (χ1n) is 6.33. The van der Waals surface area contributed by atoms with Crippen molar-refractivity contribution < 1.29 is 13.2 Å². The lowest BCUT2D eigenvalue weighted by Crippen LogP contribution is -2.19. The maximum absolute atomic E-state index is 12.5. The molecule has 0 aromatic carbocycles. The van der Waals surface area contributed by atoms with Gasteiger partial charge in [-0.2, -0.15) is 13.2 Å². The van der Waals surface area contributed by atoms with Gasteiger partial charge >= 0.3 is 6.18 Å². The number of rotatable bonds is 1. The van der Waals surface area contributed by atoms with Gasteiger partial charge in [-0.15, -0.1) is 0 Å². The molecule has 0 bridgehead atoms. The average molecular weight is 283 g/mol. The number of H-pyrrole nitrogens is 1. The zero-order valence-corrected chi connectivity index (χ0v) is 10.5. The highest BCUT2D eigenvalue weighted by atomic mass is 19.4. The SMILES string of the molecule is O=c1c2c([nH]n1-c1ccc(C(F)(F)F)cn1)CCCC2. The summed E-state index contributed by atoms with van der Waals surface area (Å²) in [6.45, 7) is 0. The van der Waals surface area contributed by atoms with E-state index in [1.165, 1.54) is 10.7 Å². The average Bonchev–Trinajstić information content (AvgIpc) is 2.76. The summed E-state index contributed by atoms with van der Waals surface area (Å²) in [5.74, 6) is 0.178. The lowest BCUT2D eigenvalue weighted by molar-refractivity contribution is -0.137. The zero-order valence-electron chi connectivity index (χ0n) is 10.5. The van der Waals surface area contributed by atoms with E-state index in [-0.39, 0.29) is 11.4 Å². The number of aromatic amines is 1. The van der Waals surface area contributed by atoms with E-state index in [9.17, 15) is 18.0 Å². The smallest absolute Gasteiger partial charge is 0.293 e. The van der Waals surface area contributed by atoms with Gasteiger partial charge in [-0.25, -0.2) is 9.67 Å². The van der Waals surface area contributed by atoms with E-state index in [4.69, 9.17) is 0 Å². The van der Waals surface area contributed by atoms with Crippen LogP contribution in [0.2, 0.25) is 0 Å². The number of halogens is 3. The molecule has 0 unspecified atom stereocenters. The molecule has 2 heterocycles. The van der Waals surface area contributed by atoms with Gasteiger partial charge in [-0.3, -0.25) is 9.89 Å². The highest BCUT2D eigenvalue weighted by Crippen LogP contribution is 2.28. The molecule has 20 heavy (non-hydrogen) atoms. The zero-order chi connectivity index (χ0) is 14.3. The molecule has 7 heteroatoms. The van der Waals surface area contributed by atoms with Gasteiger partial charge in [0, 0.05) is 17.5 Å². The highest BCUT2D eigenvalue weighted by molar-refractivity contribution is 5.30. The standard InChI is InChI=1S/C13H12F3N3O/c14-13(15,16)8-5-6-11(17-7-8)19-12(20)9-3-1-2-4-10(9)18-19/h5-7,18H,1-4H2. The number of nitrogens with one attached hydrogen (secondary N) is 1. The Morgan fingerprint density at radius 3 is 2.55 bits per heavy atom. The van der Waals surface area contributed by atoms with Crippen LogP contribution in [-0.2, 0) is 19.0 Å². The van der Waals surface area contributed by atoms with Crippen LogP contribution >= 0.6 is 0 Å². The number of hydrogen-bond acceptors (Lipinski definition) is 2. The van der Waals surface area contributed by atoms with Crippen molar-refractivity contribution in [3.05, 3.63) is 45.5 Å². The summed E-state index contributed by atoms with van der Waals surface area (Å²) in [4.78, 5) is 15.9. The van der Waals surface area contributed by atoms with Crippen LogP contribution in [0.4, 0.5) is 13.2 Å². The molecule has 1 aliphatic rings. The Bertz CT molecular complexity index is 682. The molecule has 0 aliphatic heterocycles. The minimum atomic E-state index is -4.43. The number of fused-ring (bicyclic) bond motifs is 1. The Hall–Kier alpha value is -2.05. The third-order valence-corrected chi connectivity index (χ3v) is 3.48.